The Hall–Kier alpha value is -1.54. The summed E-state index contributed by atoms with van der Waals surface area (Å²) in [5, 5.41) is 12.8. The van der Waals surface area contributed by atoms with E-state index in [4.69, 9.17) is 5.73 Å². The van der Waals surface area contributed by atoms with Crippen LogP contribution in [-0.4, -0.2) is 39.1 Å². The Balaban J connectivity index is 2.60. The molecule has 98 valence electrons. The zero-order chi connectivity index (χ0) is 13.3. The molecule has 0 aliphatic carbocycles. The first-order valence-electron chi connectivity index (χ1n) is 5.42. The largest absolute Gasteiger partial charge is 0.501 e. The van der Waals surface area contributed by atoms with Crippen molar-refractivity contribution in [3.8, 4) is 5.75 Å². The minimum atomic E-state index is -0.901. The number of amides is 1. The molecule has 1 aliphatic rings. The molecule has 7 nitrogen and oxygen atoms in total. The first-order valence-corrected chi connectivity index (χ1v) is 6.81. The summed E-state index contributed by atoms with van der Waals surface area (Å²) in [4.78, 5) is 27.1. The zero-order valence-corrected chi connectivity index (χ0v) is 10.7. The van der Waals surface area contributed by atoms with Crippen LogP contribution in [0.5, 0.6) is 5.75 Å². The third-order valence-electron chi connectivity index (χ3n) is 2.78. The Morgan fingerprint density at radius 2 is 2.44 bits per heavy atom. The van der Waals surface area contributed by atoms with Crippen molar-refractivity contribution in [3.05, 3.63) is 21.9 Å². The van der Waals surface area contributed by atoms with Gasteiger partial charge in [-0.15, -0.1) is 0 Å². The highest BCUT2D eigenvalue weighted by Crippen LogP contribution is 2.20. The molecule has 4 N–H and O–H groups in total. The topological polar surface area (TPSA) is 110 Å². The summed E-state index contributed by atoms with van der Waals surface area (Å²) in [7, 11) is 0. The number of hydrogen-bond donors (Lipinski definition) is 3. The second-order valence-electron chi connectivity index (χ2n) is 3.95. The maximum atomic E-state index is 11.9. The molecule has 1 aromatic heterocycles. The summed E-state index contributed by atoms with van der Waals surface area (Å²) >= 11 is 1.60. The maximum absolute atomic E-state index is 11.9. The van der Waals surface area contributed by atoms with Crippen LogP contribution in [-0.2, 0) is 6.54 Å². The van der Waals surface area contributed by atoms with E-state index in [0.717, 1.165) is 5.75 Å². The number of nitrogens with one attached hydrogen (secondary N) is 1. The van der Waals surface area contributed by atoms with Gasteiger partial charge in [-0.2, -0.15) is 11.8 Å². The van der Waals surface area contributed by atoms with Gasteiger partial charge in [-0.25, -0.2) is 4.98 Å². The highest BCUT2D eigenvalue weighted by Gasteiger charge is 2.26. The summed E-state index contributed by atoms with van der Waals surface area (Å²) in [5.41, 5.74) is 4.13. The predicted octanol–water partition coefficient (Wildman–Crippen LogP) is -0.945. The van der Waals surface area contributed by atoms with Crippen LogP contribution in [0.4, 0.5) is 0 Å². The van der Waals surface area contributed by atoms with Crippen LogP contribution in [0.2, 0.25) is 0 Å². The van der Waals surface area contributed by atoms with Gasteiger partial charge in [0.05, 0.1) is 6.04 Å². The molecule has 0 aromatic carbocycles. The van der Waals surface area contributed by atoms with Crippen LogP contribution >= 0.6 is 11.8 Å². The SMILES string of the molecule is CSCC1NCCn2c1nc(C(N)=O)c(O)c2=O. The van der Waals surface area contributed by atoms with Crippen molar-refractivity contribution >= 4 is 17.7 Å². The molecule has 0 fully saturated rings. The molecule has 8 heteroatoms. The van der Waals surface area contributed by atoms with Crippen LogP contribution in [0.1, 0.15) is 22.4 Å². The van der Waals surface area contributed by atoms with Gasteiger partial charge < -0.3 is 16.2 Å². The van der Waals surface area contributed by atoms with Crippen molar-refractivity contribution in [3.63, 3.8) is 0 Å². The van der Waals surface area contributed by atoms with E-state index in [1.165, 1.54) is 4.57 Å². The van der Waals surface area contributed by atoms with E-state index in [1.807, 2.05) is 6.26 Å². The molecule has 1 aliphatic heterocycles. The van der Waals surface area contributed by atoms with Gasteiger partial charge in [0.15, 0.2) is 5.69 Å². The molecule has 0 radical (unpaired) electrons. The van der Waals surface area contributed by atoms with E-state index in [0.29, 0.717) is 18.9 Å². The fraction of sp³-hybridized carbons (Fsp3) is 0.500. The molecule has 0 bridgehead atoms. The Morgan fingerprint density at radius 3 is 3.06 bits per heavy atom. The molecule has 1 amide bonds. The van der Waals surface area contributed by atoms with Gasteiger partial charge in [0.25, 0.3) is 11.5 Å². The number of fused-ring (bicyclic) bond motifs is 1. The van der Waals surface area contributed by atoms with Gasteiger partial charge in [-0.1, -0.05) is 0 Å². The first-order chi connectivity index (χ1) is 8.56. The van der Waals surface area contributed by atoms with Gasteiger partial charge in [-0.3, -0.25) is 14.2 Å². The van der Waals surface area contributed by atoms with E-state index in [9.17, 15) is 14.7 Å². The van der Waals surface area contributed by atoms with Crippen LogP contribution in [0.25, 0.3) is 0 Å². The number of thioether (sulfide) groups is 1. The number of hydrogen-bond acceptors (Lipinski definition) is 6. The molecule has 0 saturated carbocycles. The Labute approximate surface area is 107 Å². The predicted molar refractivity (Wildman–Crippen MR) is 67.8 cm³/mol. The van der Waals surface area contributed by atoms with Crippen LogP contribution in [0.3, 0.4) is 0 Å². The molecule has 1 unspecified atom stereocenters. The highest BCUT2D eigenvalue weighted by molar-refractivity contribution is 7.98. The van der Waals surface area contributed by atoms with Crippen LogP contribution in [0, 0.1) is 0 Å². The fourth-order valence-corrected chi connectivity index (χ4v) is 2.56. The number of carbonyl (C=O) groups is 1. The molecule has 1 atom stereocenters. The lowest BCUT2D eigenvalue weighted by Gasteiger charge is -2.26. The molecular formula is C10H14N4O3S. The maximum Gasteiger partial charge on any atom is 0.296 e. The average molecular weight is 270 g/mol. The standard InChI is InChI=1S/C10H14N4O3S/c1-18-4-5-9-13-6(8(11)16)7(15)10(17)14(9)3-2-12-5/h5,12,15H,2-4H2,1H3,(H2,11,16). The summed E-state index contributed by atoms with van der Waals surface area (Å²) in [6, 6.07) is -0.125. The second kappa shape index (κ2) is 4.99. The first kappa shape index (κ1) is 12.9. The summed E-state index contributed by atoms with van der Waals surface area (Å²) in [6.45, 7) is 1.04. The molecule has 2 heterocycles. The lowest BCUT2D eigenvalue weighted by Crippen LogP contribution is -2.42. The fourth-order valence-electron chi connectivity index (χ4n) is 1.96. The quantitative estimate of drug-likeness (QED) is 0.653. The summed E-state index contributed by atoms with van der Waals surface area (Å²) in [5.74, 6) is -0.403. The lowest BCUT2D eigenvalue weighted by atomic mass is 10.2. The molecule has 1 aromatic rings. The van der Waals surface area contributed by atoms with E-state index < -0.39 is 17.2 Å². The normalized spacial score (nSPS) is 18.4. The van der Waals surface area contributed by atoms with Gasteiger partial charge in [0.2, 0.25) is 5.75 Å². The summed E-state index contributed by atoms with van der Waals surface area (Å²) in [6.07, 6.45) is 1.94. The Morgan fingerprint density at radius 1 is 1.72 bits per heavy atom. The van der Waals surface area contributed by atoms with Gasteiger partial charge in [0.1, 0.15) is 5.82 Å². The summed E-state index contributed by atoms with van der Waals surface area (Å²) < 4.78 is 1.39. The van der Waals surface area contributed by atoms with Crippen molar-refractivity contribution in [1.29, 1.82) is 0 Å². The van der Waals surface area contributed by atoms with Crippen molar-refractivity contribution in [1.82, 2.24) is 14.9 Å². The van der Waals surface area contributed by atoms with Crippen molar-refractivity contribution in [2.45, 2.75) is 12.6 Å². The van der Waals surface area contributed by atoms with E-state index in [-0.39, 0.29) is 11.7 Å². The molecular weight excluding hydrogens is 256 g/mol. The number of nitrogens with two attached hydrogens (primary N) is 1. The van der Waals surface area contributed by atoms with Crippen LogP contribution in [0.15, 0.2) is 4.79 Å². The lowest BCUT2D eigenvalue weighted by molar-refractivity contribution is 0.0991. The van der Waals surface area contributed by atoms with E-state index in [2.05, 4.69) is 10.3 Å². The van der Waals surface area contributed by atoms with E-state index >= 15 is 0 Å². The minimum absolute atomic E-state index is 0.125. The number of nitrogens with zero attached hydrogens (tertiary/aromatic N) is 2. The average Bonchev–Trinajstić information content (AvgIpc) is 2.34. The molecule has 0 saturated heterocycles. The van der Waals surface area contributed by atoms with Crippen LogP contribution < -0.4 is 16.6 Å². The second-order valence-corrected chi connectivity index (χ2v) is 4.86. The highest BCUT2D eigenvalue weighted by atomic mass is 32.2. The van der Waals surface area contributed by atoms with Crippen molar-refractivity contribution in [2.75, 3.05) is 18.6 Å². The number of primary amides is 1. The van der Waals surface area contributed by atoms with Crippen molar-refractivity contribution < 1.29 is 9.90 Å². The molecule has 18 heavy (non-hydrogen) atoms. The Bertz CT molecular complexity index is 543. The Kier molecular flexibility index (Phi) is 3.58. The minimum Gasteiger partial charge on any atom is -0.501 e. The van der Waals surface area contributed by atoms with Gasteiger partial charge in [0, 0.05) is 18.8 Å². The third kappa shape index (κ3) is 2.08. The zero-order valence-electron chi connectivity index (χ0n) is 9.84. The number of aromatic hydroxyl groups is 1. The van der Waals surface area contributed by atoms with Gasteiger partial charge in [-0.05, 0) is 6.26 Å². The molecule has 2 rings (SSSR count). The number of carbonyl (C=O) groups excluding carboxylic acids is 1. The van der Waals surface area contributed by atoms with E-state index in [1.54, 1.807) is 11.8 Å². The monoisotopic (exact) mass is 270 g/mol. The number of aromatic nitrogens is 2. The molecule has 0 spiro atoms. The van der Waals surface area contributed by atoms with Crippen molar-refractivity contribution in [2.24, 2.45) is 5.73 Å². The van der Waals surface area contributed by atoms with Gasteiger partial charge >= 0.3 is 0 Å². The smallest absolute Gasteiger partial charge is 0.296 e. The number of rotatable bonds is 3. The third-order valence-corrected chi connectivity index (χ3v) is 3.45.